The van der Waals surface area contributed by atoms with Crippen molar-refractivity contribution in [1.82, 2.24) is 15.0 Å². The lowest BCUT2D eigenvalue weighted by Crippen LogP contribution is -2.09. The fourth-order valence-corrected chi connectivity index (χ4v) is 2.21. The summed E-state index contributed by atoms with van der Waals surface area (Å²) < 4.78 is 0. The van der Waals surface area contributed by atoms with Crippen molar-refractivity contribution in [3.8, 4) is 0 Å². The van der Waals surface area contributed by atoms with Crippen molar-refractivity contribution in [2.24, 2.45) is 0 Å². The maximum Gasteiger partial charge on any atom is 0.333 e. The minimum absolute atomic E-state index is 0.0637. The molecule has 0 bridgehead atoms. The fraction of sp³-hybridized carbons (Fsp3) is 0.364. The van der Waals surface area contributed by atoms with Crippen LogP contribution in [0.25, 0.3) is 0 Å². The Balaban J connectivity index is 2.33. The first-order chi connectivity index (χ1) is 9.22. The molecule has 0 aliphatic rings. The number of nitrogens with zero attached hydrogens (tertiary/aromatic N) is 4. The number of nitro groups is 1. The van der Waals surface area contributed by atoms with E-state index in [0.29, 0.717) is 18.7 Å². The number of aromatic nitrogens is 3. The molecule has 0 aliphatic carbocycles. The second kappa shape index (κ2) is 6.19. The molecule has 2 aromatic heterocycles. The third-order valence-electron chi connectivity index (χ3n) is 2.43. The largest absolute Gasteiger partial charge is 0.364 e. The van der Waals surface area contributed by atoms with Gasteiger partial charge in [-0.15, -0.1) is 11.3 Å². The van der Waals surface area contributed by atoms with Crippen LogP contribution >= 0.6 is 11.3 Å². The Kier molecular flexibility index (Phi) is 4.35. The summed E-state index contributed by atoms with van der Waals surface area (Å²) in [6.07, 6.45) is 4.22. The van der Waals surface area contributed by atoms with Gasteiger partial charge in [0, 0.05) is 24.5 Å². The Morgan fingerprint density at radius 2 is 2.26 bits per heavy atom. The normalized spacial score (nSPS) is 10.4. The molecule has 7 nitrogen and oxygen atoms in total. The third kappa shape index (κ3) is 3.22. The smallest absolute Gasteiger partial charge is 0.333 e. The topological polar surface area (TPSA) is 93.8 Å². The Morgan fingerprint density at radius 3 is 2.89 bits per heavy atom. The quantitative estimate of drug-likeness (QED) is 0.644. The summed E-state index contributed by atoms with van der Waals surface area (Å²) in [4.78, 5) is 22.8. The molecule has 0 fully saturated rings. The van der Waals surface area contributed by atoms with Crippen molar-refractivity contribution in [2.45, 2.75) is 19.8 Å². The molecule has 8 heteroatoms. The minimum atomic E-state index is -0.444. The number of anilines is 1. The summed E-state index contributed by atoms with van der Waals surface area (Å²) in [5.74, 6) is 0.272. The van der Waals surface area contributed by atoms with Gasteiger partial charge >= 0.3 is 5.69 Å². The van der Waals surface area contributed by atoms with Crippen LogP contribution in [0.15, 0.2) is 17.9 Å². The van der Waals surface area contributed by atoms with Crippen LogP contribution < -0.4 is 5.32 Å². The molecule has 0 saturated heterocycles. The van der Waals surface area contributed by atoms with Gasteiger partial charge in [0.2, 0.25) is 5.82 Å². The average Bonchev–Trinajstić information content (AvgIpc) is 2.89. The molecule has 0 spiro atoms. The van der Waals surface area contributed by atoms with Crippen LogP contribution in [0.2, 0.25) is 0 Å². The van der Waals surface area contributed by atoms with Gasteiger partial charge in [0.1, 0.15) is 12.0 Å². The van der Waals surface area contributed by atoms with Gasteiger partial charge in [0.05, 0.1) is 9.93 Å². The van der Waals surface area contributed by atoms with Crippen molar-refractivity contribution in [2.75, 3.05) is 11.9 Å². The lowest BCUT2D eigenvalue weighted by Gasteiger charge is -2.06. The lowest BCUT2D eigenvalue weighted by molar-refractivity contribution is -0.385. The van der Waals surface area contributed by atoms with E-state index in [1.165, 1.54) is 17.7 Å². The van der Waals surface area contributed by atoms with Gasteiger partial charge in [-0.2, -0.15) is 0 Å². The van der Waals surface area contributed by atoms with Gasteiger partial charge in [-0.05, 0) is 6.42 Å². The van der Waals surface area contributed by atoms with E-state index < -0.39 is 4.92 Å². The summed E-state index contributed by atoms with van der Waals surface area (Å²) >= 11 is 1.45. The lowest BCUT2D eigenvalue weighted by atomic mass is 10.2. The van der Waals surface area contributed by atoms with Crippen LogP contribution in [0.1, 0.15) is 24.0 Å². The zero-order chi connectivity index (χ0) is 13.7. The summed E-state index contributed by atoms with van der Waals surface area (Å²) in [5, 5.41) is 16.8. The van der Waals surface area contributed by atoms with E-state index in [1.54, 1.807) is 6.20 Å². The zero-order valence-corrected chi connectivity index (χ0v) is 11.2. The van der Waals surface area contributed by atoms with E-state index in [-0.39, 0.29) is 11.5 Å². The maximum atomic E-state index is 11.2. The number of hydrogen-bond acceptors (Lipinski definition) is 7. The van der Waals surface area contributed by atoms with Crippen LogP contribution in [0.4, 0.5) is 11.5 Å². The number of nitrogens with one attached hydrogen (secondary N) is 1. The molecule has 100 valence electrons. The molecule has 0 unspecified atom stereocenters. The second-order valence-electron chi connectivity index (χ2n) is 3.80. The highest BCUT2D eigenvalue weighted by Gasteiger charge is 2.23. The molecule has 0 saturated carbocycles. The van der Waals surface area contributed by atoms with E-state index in [4.69, 9.17) is 0 Å². The molecule has 1 N–H and O–H groups in total. The van der Waals surface area contributed by atoms with Crippen molar-refractivity contribution in [1.29, 1.82) is 0 Å². The zero-order valence-electron chi connectivity index (χ0n) is 10.4. The summed E-state index contributed by atoms with van der Waals surface area (Å²) in [6.45, 7) is 2.62. The third-order valence-corrected chi connectivity index (χ3v) is 3.20. The number of hydrogen-bond donors (Lipinski definition) is 1. The first kappa shape index (κ1) is 13.3. The molecule has 0 aliphatic heterocycles. The highest BCUT2D eigenvalue weighted by Crippen LogP contribution is 2.26. The Bertz CT molecular complexity index is 558. The molecular formula is C11H13N5O2S. The Hall–Kier alpha value is -2.09. The predicted molar refractivity (Wildman–Crippen MR) is 72.4 cm³/mol. The summed E-state index contributed by atoms with van der Waals surface area (Å²) in [5.41, 5.74) is 0.319. The predicted octanol–water partition coefficient (Wildman–Crippen LogP) is 2.25. The second-order valence-corrected chi connectivity index (χ2v) is 4.78. The summed E-state index contributed by atoms with van der Waals surface area (Å²) in [6, 6.07) is 0. The molecule has 2 rings (SSSR count). The van der Waals surface area contributed by atoms with Crippen LogP contribution in [-0.4, -0.2) is 26.4 Å². The molecular weight excluding hydrogens is 266 g/mol. The Morgan fingerprint density at radius 1 is 1.42 bits per heavy atom. The van der Waals surface area contributed by atoms with Crippen LogP contribution in [0, 0.1) is 10.1 Å². The van der Waals surface area contributed by atoms with Crippen LogP contribution in [0.3, 0.4) is 0 Å². The highest BCUT2D eigenvalue weighted by molar-refractivity contribution is 7.09. The van der Waals surface area contributed by atoms with Crippen molar-refractivity contribution < 1.29 is 4.92 Å². The van der Waals surface area contributed by atoms with E-state index in [9.17, 15) is 10.1 Å². The van der Waals surface area contributed by atoms with Gasteiger partial charge in [0.25, 0.3) is 0 Å². The van der Waals surface area contributed by atoms with E-state index >= 15 is 0 Å². The van der Waals surface area contributed by atoms with Gasteiger partial charge < -0.3 is 5.32 Å². The van der Waals surface area contributed by atoms with Gasteiger partial charge in [-0.1, -0.05) is 6.92 Å². The van der Waals surface area contributed by atoms with Crippen LogP contribution in [-0.2, 0) is 6.42 Å². The molecule has 0 radical (unpaired) electrons. The summed E-state index contributed by atoms with van der Waals surface area (Å²) in [7, 11) is 0. The van der Waals surface area contributed by atoms with Crippen molar-refractivity contribution in [3.05, 3.63) is 38.7 Å². The van der Waals surface area contributed by atoms with E-state index in [2.05, 4.69) is 20.3 Å². The average molecular weight is 279 g/mol. The Labute approximate surface area is 113 Å². The highest BCUT2D eigenvalue weighted by atomic mass is 32.1. The van der Waals surface area contributed by atoms with Crippen LogP contribution in [0.5, 0.6) is 0 Å². The van der Waals surface area contributed by atoms with E-state index in [1.807, 2.05) is 12.3 Å². The first-order valence-electron chi connectivity index (χ1n) is 5.83. The van der Waals surface area contributed by atoms with Crippen molar-refractivity contribution in [3.63, 3.8) is 0 Å². The van der Waals surface area contributed by atoms with Crippen molar-refractivity contribution >= 4 is 22.8 Å². The van der Waals surface area contributed by atoms with E-state index in [0.717, 1.165) is 11.4 Å². The molecule has 2 heterocycles. The molecule has 0 amide bonds. The number of thiazole rings is 1. The molecule has 2 aromatic rings. The molecule has 19 heavy (non-hydrogen) atoms. The van der Waals surface area contributed by atoms with Gasteiger partial charge in [0.15, 0.2) is 0 Å². The van der Waals surface area contributed by atoms with Gasteiger partial charge in [-0.3, -0.25) is 10.1 Å². The molecule has 0 atom stereocenters. The standard InChI is InChI=1S/C11H13N5O2S/c1-2-3-13-11-10(16(17)18)8(14-7-15-11)6-9-12-4-5-19-9/h4-5,7H,2-3,6H2,1H3,(H,13,14,15). The first-order valence-corrected chi connectivity index (χ1v) is 6.70. The monoisotopic (exact) mass is 279 g/mol. The fourth-order valence-electron chi connectivity index (χ4n) is 1.59. The number of rotatable bonds is 6. The SMILES string of the molecule is CCCNc1ncnc(Cc2nccs2)c1[N+](=O)[O-]. The minimum Gasteiger partial charge on any atom is -0.364 e. The molecule has 0 aromatic carbocycles. The van der Waals surface area contributed by atoms with Gasteiger partial charge in [-0.25, -0.2) is 15.0 Å². The maximum absolute atomic E-state index is 11.2.